The minimum atomic E-state index is -1.03. The summed E-state index contributed by atoms with van der Waals surface area (Å²) in [6.45, 7) is 0. The van der Waals surface area contributed by atoms with Crippen LogP contribution >= 0.6 is 0 Å². The van der Waals surface area contributed by atoms with E-state index in [1.165, 1.54) is 6.07 Å². The molecule has 0 heterocycles. The van der Waals surface area contributed by atoms with Crippen molar-refractivity contribution >= 4 is 41.2 Å². The van der Waals surface area contributed by atoms with Crippen LogP contribution in [-0.4, -0.2) is 46.4 Å². The van der Waals surface area contributed by atoms with Crippen LogP contribution in [-0.2, 0) is 4.79 Å². The number of hydrogen-bond acceptors (Lipinski definition) is 4. The molecule has 44 valence electrons. The zero-order valence-electron chi connectivity index (χ0n) is 3.83. The topological polar surface area (TPSA) is 99.5 Å². The Labute approximate surface area is 73.4 Å². The second-order valence-electron chi connectivity index (χ2n) is 0.925. The van der Waals surface area contributed by atoms with Gasteiger partial charge in [-0.3, -0.25) is 4.79 Å². The zero-order chi connectivity index (χ0) is 6.57. The van der Waals surface area contributed by atoms with Gasteiger partial charge in [0.15, 0.2) is 0 Å². The van der Waals surface area contributed by atoms with E-state index >= 15 is 0 Å². The quantitative estimate of drug-likeness (QED) is 0.192. The van der Waals surface area contributed by atoms with E-state index in [1.807, 2.05) is 0 Å². The molecule has 0 aromatic carbocycles. The summed E-state index contributed by atoms with van der Waals surface area (Å²) in [7, 11) is 0. The SMILES string of the molecule is N#CC(=NO)C(N)=O.[NaH]. The summed E-state index contributed by atoms with van der Waals surface area (Å²) < 4.78 is 0. The van der Waals surface area contributed by atoms with Crippen molar-refractivity contribution in [1.82, 2.24) is 0 Å². The van der Waals surface area contributed by atoms with E-state index in [0.29, 0.717) is 0 Å². The molecule has 0 atom stereocenters. The van der Waals surface area contributed by atoms with Crippen LogP contribution in [0.4, 0.5) is 0 Å². The summed E-state index contributed by atoms with van der Waals surface area (Å²) in [4.78, 5) is 9.87. The van der Waals surface area contributed by atoms with Crippen molar-refractivity contribution in [3.05, 3.63) is 0 Å². The first kappa shape index (κ1) is 11.3. The van der Waals surface area contributed by atoms with Gasteiger partial charge in [-0.1, -0.05) is 5.16 Å². The number of nitriles is 1. The van der Waals surface area contributed by atoms with E-state index in [1.54, 1.807) is 0 Å². The van der Waals surface area contributed by atoms with Crippen molar-refractivity contribution < 1.29 is 10.0 Å². The Kier molecular flexibility index (Phi) is 6.96. The third-order valence-corrected chi connectivity index (χ3v) is 0.439. The number of nitrogens with two attached hydrogens (primary N) is 1. The maximum absolute atomic E-state index is 9.87. The van der Waals surface area contributed by atoms with Crippen LogP contribution in [0.25, 0.3) is 0 Å². The maximum atomic E-state index is 9.87. The molecule has 0 aromatic heterocycles. The minimum absolute atomic E-state index is 0. The van der Waals surface area contributed by atoms with Crippen molar-refractivity contribution in [2.75, 3.05) is 0 Å². The van der Waals surface area contributed by atoms with Crippen molar-refractivity contribution in [3.63, 3.8) is 0 Å². The first-order valence-electron chi connectivity index (χ1n) is 1.64. The average molecular weight is 137 g/mol. The van der Waals surface area contributed by atoms with Crippen LogP contribution in [0, 0.1) is 11.3 Å². The number of hydrogen-bond donors (Lipinski definition) is 2. The Bertz CT molecular complexity index is 170. The Hall–Kier alpha value is -0.570. The van der Waals surface area contributed by atoms with Crippen LogP contribution in [0.2, 0.25) is 0 Å². The molecule has 0 aliphatic heterocycles. The summed E-state index contributed by atoms with van der Waals surface area (Å²) in [6.07, 6.45) is 0. The summed E-state index contributed by atoms with van der Waals surface area (Å²) in [5.74, 6) is -1.03. The van der Waals surface area contributed by atoms with Gasteiger partial charge in [-0.05, 0) is 0 Å². The number of nitrogens with zero attached hydrogens (tertiary/aromatic N) is 2. The fourth-order valence-corrected chi connectivity index (χ4v) is 0.127. The Morgan fingerprint density at radius 2 is 2.22 bits per heavy atom. The average Bonchev–Trinajstić information content (AvgIpc) is 1.69. The van der Waals surface area contributed by atoms with Crippen LogP contribution in [0.5, 0.6) is 0 Å². The molecule has 0 fully saturated rings. The molecule has 0 rings (SSSR count). The molecule has 0 bridgehead atoms. The summed E-state index contributed by atoms with van der Waals surface area (Å²) in [5.41, 5.74) is 3.82. The van der Waals surface area contributed by atoms with Gasteiger partial charge in [0.05, 0.1) is 0 Å². The number of carbonyl (C=O) groups is 1. The summed E-state index contributed by atoms with van der Waals surface area (Å²) in [5, 5.41) is 17.9. The monoisotopic (exact) mass is 137 g/mol. The van der Waals surface area contributed by atoms with Gasteiger partial charge in [0.25, 0.3) is 5.91 Å². The van der Waals surface area contributed by atoms with Gasteiger partial charge in [0, 0.05) is 0 Å². The Morgan fingerprint density at radius 1 is 1.78 bits per heavy atom. The van der Waals surface area contributed by atoms with Crippen molar-refractivity contribution in [2.24, 2.45) is 10.9 Å². The molecule has 0 unspecified atom stereocenters. The predicted octanol–water partition coefficient (Wildman–Crippen LogP) is -1.82. The van der Waals surface area contributed by atoms with Crippen LogP contribution in [0.1, 0.15) is 0 Å². The fraction of sp³-hybridized carbons (Fsp3) is 0. The molecular weight excluding hydrogens is 133 g/mol. The molecule has 0 saturated heterocycles. The van der Waals surface area contributed by atoms with Gasteiger partial charge < -0.3 is 10.9 Å². The van der Waals surface area contributed by atoms with E-state index in [9.17, 15) is 4.79 Å². The van der Waals surface area contributed by atoms with E-state index in [4.69, 9.17) is 10.5 Å². The van der Waals surface area contributed by atoms with Gasteiger partial charge in [-0.2, -0.15) is 5.26 Å². The Balaban J connectivity index is 0. The second kappa shape index (κ2) is 5.56. The molecule has 0 aliphatic carbocycles. The second-order valence-corrected chi connectivity index (χ2v) is 0.925. The molecule has 0 saturated carbocycles. The van der Waals surface area contributed by atoms with Crippen LogP contribution < -0.4 is 5.73 Å². The molecule has 1 amide bonds. The Morgan fingerprint density at radius 3 is 2.22 bits per heavy atom. The van der Waals surface area contributed by atoms with Gasteiger partial charge in [0.2, 0.25) is 5.71 Å². The predicted molar refractivity (Wildman–Crippen MR) is 31.2 cm³/mol. The number of rotatable bonds is 1. The molecule has 0 spiro atoms. The molecule has 3 N–H and O–H groups in total. The van der Waals surface area contributed by atoms with Crippen molar-refractivity contribution in [1.29, 1.82) is 5.26 Å². The fourth-order valence-electron chi connectivity index (χ4n) is 0.127. The van der Waals surface area contributed by atoms with Crippen LogP contribution in [0.3, 0.4) is 0 Å². The number of amides is 1. The summed E-state index contributed by atoms with van der Waals surface area (Å²) >= 11 is 0. The van der Waals surface area contributed by atoms with Gasteiger partial charge >= 0.3 is 29.6 Å². The molecule has 5 nitrogen and oxygen atoms in total. The first-order chi connectivity index (χ1) is 3.72. The first-order valence-corrected chi connectivity index (χ1v) is 1.64. The van der Waals surface area contributed by atoms with Crippen molar-refractivity contribution in [2.45, 2.75) is 0 Å². The van der Waals surface area contributed by atoms with Gasteiger partial charge in [-0.25, -0.2) is 0 Å². The van der Waals surface area contributed by atoms with Gasteiger partial charge in [0.1, 0.15) is 6.07 Å². The molecule has 0 aromatic rings. The third-order valence-electron chi connectivity index (χ3n) is 0.439. The molecule has 0 aliphatic rings. The molecule has 6 heteroatoms. The standard InChI is InChI=1S/C3H3N3O2.Na.H/c4-1-2(6-8)3(5)7;;/h8H,(H2,5,7);;. The number of carbonyl (C=O) groups excluding carboxylic acids is 1. The summed E-state index contributed by atoms with van der Waals surface area (Å²) in [6, 6.07) is 1.28. The van der Waals surface area contributed by atoms with E-state index in [0.717, 1.165) is 0 Å². The third kappa shape index (κ3) is 3.97. The number of primary amides is 1. The molecule has 9 heavy (non-hydrogen) atoms. The zero-order valence-corrected chi connectivity index (χ0v) is 3.83. The van der Waals surface area contributed by atoms with Gasteiger partial charge in [-0.15, -0.1) is 0 Å². The van der Waals surface area contributed by atoms with E-state index in [-0.39, 0.29) is 29.6 Å². The van der Waals surface area contributed by atoms with Crippen molar-refractivity contribution in [3.8, 4) is 6.07 Å². The molecule has 0 radical (unpaired) electrons. The normalized spacial score (nSPS) is 9.00. The van der Waals surface area contributed by atoms with Crippen LogP contribution in [0.15, 0.2) is 5.16 Å². The van der Waals surface area contributed by atoms with E-state index in [2.05, 4.69) is 10.9 Å². The van der Waals surface area contributed by atoms with E-state index < -0.39 is 11.6 Å². The number of oxime groups is 1. The molecular formula is C3H4N3NaO2.